The third-order valence-corrected chi connectivity index (χ3v) is 6.98. The monoisotopic (exact) mass is 536 g/mol. The van der Waals surface area contributed by atoms with E-state index in [1.807, 2.05) is 60.2 Å². The molecule has 0 saturated carbocycles. The Labute approximate surface area is 230 Å². The molecular formula is C29H40N6O4. The number of ether oxygens (including phenoxy) is 2. The first-order chi connectivity index (χ1) is 18.9. The fourth-order valence-corrected chi connectivity index (χ4v) is 4.89. The number of rotatable bonds is 5. The molecule has 1 aromatic carbocycles. The minimum absolute atomic E-state index is 0.0317. The lowest BCUT2D eigenvalue weighted by Gasteiger charge is -2.25. The topological polar surface area (TPSA) is 94.7 Å². The molecule has 0 aliphatic carbocycles. The van der Waals surface area contributed by atoms with Crippen LogP contribution in [0, 0.1) is 13.8 Å². The van der Waals surface area contributed by atoms with Gasteiger partial charge in [0.2, 0.25) is 11.8 Å². The highest BCUT2D eigenvalue weighted by Gasteiger charge is 2.18. The number of amides is 2. The van der Waals surface area contributed by atoms with E-state index in [0.29, 0.717) is 52.4 Å². The van der Waals surface area contributed by atoms with Crippen molar-refractivity contribution in [1.29, 1.82) is 0 Å². The van der Waals surface area contributed by atoms with Crippen molar-refractivity contribution in [2.45, 2.75) is 52.6 Å². The predicted molar refractivity (Wildman–Crippen MR) is 148 cm³/mol. The Kier molecular flexibility index (Phi) is 10.1. The number of benzene rings is 1. The molecule has 2 amide bonds. The van der Waals surface area contributed by atoms with E-state index in [2.05, 4.69) is 14.6 Å². The van der Waals surface area contributed by atoms with Crippen molar-refractivity contribution in [3.8, 4) is 17.1 Å². The van der Waals surface area contributed by atoms with E-state index in [9.17, 15) is 9.59 Å². The summed E-state index contributed by atoms with van der Waals surface area (Å²) in [6, 6.07) is 9.88. The van der Waals surface area contributed by atoms with Gasteiger partial charge in [0.25, 0.3) is 0 Å². The zero-order valence-electron chi connectivity index (χ0n) is 23.3. The first kappa shape index (κ1) is 28.4. The fourth-order valence-electron chi connectivity index (χ4n) is 4.89. The van der Waals surface area contributed by atoms with E-state index in [0.717, 1.165) is 47.8 Å². The molecule has 0 saturated heterocycles. The molecule has 0 atom stereocenters. The number of hydrogen-bond donors (Lipinski definition) is 0. The number of nitrogens with zero attached hydrogens (tertiary/aromatic N) is 6. The van der Waals surface area contributed by atoms with Crippen LogP contribution in [0.1, 0.15) is 37.1 Å². The van der Waals surface area contributed by atoms with E-state index in [1.54, 1.807) is 18.0 Å². The minimum atomic E-state index is 0.0317. The SMILES string of the molecule is COCCC(=O)N1CCCCN(C(=O)Cn2nc(C)cc2C)CCn2ccnc2-c2cccc(c2)OCCC1. The molecule has 0 radical (unpaired) electrons. The lowest BCUT2D eigenvalue weighted by Crippen LogP contribution is -2.38. The summed E-state index contributed by atoms with van der Waals surface area (Å²) in [6.07, 6.45) is 6.43. The van der Waals surface area contributed by atoms with Crippen LogP contribution in [0.4, 0.5) is 0 Å². The largest absolute Gasteiger partial charge is 0.494 e. The summed E-state index contributed by atoms with van der Waals surface area (Å²) in [7, 11) is 1.61. The van der Waals surface area contributed by atoms with Gasteiger partial charge in [-0.2, -0.15) is 5.10 Å². The van der Waals surface area contributed by atoms with Gasteiger partial charge < -0.3 is 23.8 Å². The van der Waals surface area contributed by atoms with E-state index >= 15 is 0 Å². The maximum absolute atomic E-state index is 13.4. The maximum atomic E-state index is 13.4. The maximum Gasteiger partial charge on any atom is 0.244 e. The van der Waals surface area contributed by atoms with Crippen molar-refractivity contribution in [1.82, 2.24) is 29.1 Å². The van der Waals surface area contributed by atoms with E-state index in [1.165, 1.54) is 0 Å². The van der Waals surface area contributed by atoms with Crippen molar-refractivity contribution in [3.05, 3.63) is 54.1 Å². The zero-order chi connectivity index (χ0) is 27.6. The number of imidazole rings is 1. The Morgan fingerprint density at radius 2 is 1.74 bits per heavy atom. The number of methoxy groups -OCH3 is 1. The second kappa shape index (κ2) is 13.9. The molecule has 210 valence electrons. The molecular weight excluding hydrogens is 496 g/mol. The number of aryl methyl sites for hydroxylation is 2. The average molecular weight is 537 g/mol. The molecule has 1 aliphatic rings. The van der Waals surface area contributed by atoms with Gasteiger partial charge in [-0.15, -0.1) is 0 Å². The zero-order valence-corrected chi connectivity index (χ0v) is 23.3. The van der Waals surface area contributed by atoms with Crippen LogP contribution < -0.4 is 4.74 Å². The van der Waals surface area contributed by atoms with Gasteiger partial charge in [-0.1, -0.05) is 12.1 Å². The average Bonchev–Trinajstić information content (AvgIpc) is 3.52. The lowest BCUT2D eigenvalue weighted by molar-refractivity contribution is -0.133. The molecule has 4 rings (SSSR count). The molecule has 10 heteroatoms. The van der Waals surface area contributed by atoms with Crippen LogP contribution in [-0.4, -0.2) is 87.4 Å². The van der Waals surface area contributed by atoms with Gasteiger partial charge in [-0.25, -0.2) is 4.98 Å². The van der Waals surface area contributed by atoms with Crippen molar-refractivity contribution in [3.63, 3.8) is 0 Å². The highest BCUT2D eigenvalue weighted by atomic mass is 16.5. The van der Waals surface area contributed by atoms with Crippen molar-refractivity contribution >= 4 is 11.8 Å². The van der Waals surface area contributed by atoms with Gasteiger partial charge in [0.15, 0.2) is 0 Å². The summed E-state index contributed by atoms with van der Waals surface area (Å²) >= 11 is 0. The van der Waals surface area contributed by atoms with E-state index in [4.69, 9.17) is 9.47 Å². The Bertz CT molecular complexity index is 1240. The van der Waals surface area contributed by atoms with E-state index in [-0.39, 0.29) is 18.4 Å². The van der Waals surface area contributed by atoms with E-state index < -0.39 is 0 Å². The molecule has 3 aromatic rings. The normalized spacial score (nSPS) is 15.4. The van der Waals surface area contributed by atoms with Gasteiger partial charge >= 0.3 is 0 Å². The third-order valence-electron chi connectivity index (χ3n) is 6.98. The van der Waals surface area contributed by atoms with Gasteiger partial charge in [0, 0.05) is 63.5 Å². The number of fused-ring (bicyclic) bond motifs is 4. The van der Waals surface area contributed by atoms with Crippen molar-refractivity contribution in [2.24, 2.45) is 0 Å². The summed E-state index contributed by atoms with van der Waals surface area (Å²) in [5.41, 5.74) is 2.82. The molecule has 39 heavy (non-hydrogen) atoms. The van der Waals surface area contributed by atoms with Crippen LogP contribution in [0.3, 0.4) is 0 Å². The minimum Gasteiger partial charge on any atom is -0.494 e. The van der Waals surface area contributed by atoms with Crippen LogP contribution in [0.15, 0.2) is 42.7 Å². The van der Waals surface area contributed by atoms with Gasteiger partial charge in [0.1, 0.15) is 18.1 Å². The Balaban J connectivity index is 1.53. The van der Waals surface area contributed by atoms with Crippen LogP contribution in [-0.2, 0) is 27.4 Å². The first-order valence-electron chi connectivity index (χ1n) is 13.7. The number of hydrogen-bond acceptors (Lipinski definition) is 6. The standard InChI is InChI=1S/C29H40N6O4/c1-23-20-24(2)35(31-23)22-28(37)33-13-5-4-12-32(27(36)10-19-38-3)14-7-18-39-26-9-6-8-25(21-26)29-30-11-15-34(29)17-16-33/h6,8-9,11,15,20-21H,4-5,7,10,12-14,16-19,22H2,1-3H3. The molecule has 3 heterocycles. The fraction of sp³-hybridized carbons (Fsp3) is 0.517. The first-order valence-corrected chi connectivity index (χ1v) is 13.7. The summed E-state index contributed by atoms with van der Waals surface area (Å²) in [5.74, 6) is 1.72. The van der Waals surface area contributed by atoms with Crippen LogP contribution >= 0.6 is 0 Å². The van der Waals surface area contributed by atoms with Gasteiger partial charge in [-0.05, 0) is 51.3 Å². The predicted octanol–water partition coefficient (Wildman–Crippen LogP) is 3.32. The molecule has 0 N–H and O–H groups in total. The van der Waals surface area contributed by atoms with Crippen LogP contribution in [0.5, 0.6) is 5.75 Å². The Morgan fingerprint density at radius 1 is 0.974 bits per heavy atom. The molecule has 0 fully saturated rings. The number of aromatic nitrogens is 4. The van der Waals surface area contributed by atoms with Crippen molar-refractivity contribution < 1.29 is 19.1 Å². The smallest absolute Gasteiger partial charge is 0.244 e. The second-order valence-corrected chi connectivity index (χ2v) is 9.97. The van der Waals surface area contributed by atoms with Gasteiger partial charge in [-0.3, -0.25) is 14.3 Å². The van der Waals surface area contributed by atoms with Gasteiger partial charge in [0.05, 0.1) is 25.3 Å². The second-order valence-electron chi connectivity index (χ2n) is 9.97. The highest BCUT2D eigenvalue weighted by molar-refractivity contribution is 5.76. The Hall–Kier alpha value is -3.66. The molecule has 0 spiro atoms. The summed E-state index contributed by atoms with van der Waals surface area (Å²) in [5, 5.41) is 4.48. The van der Waals surface area contributed by atoms with Crippen LogP contribution in [0.25, 0.3) is 11.4 Å². The van der Waals surface area contributed by atoms with Crippen LogP contribution in [0.2, 0.25) is 0 Å². The molecule has 1 aliphatic heterocycles. The highest BCUT2D eigenvalue weighted by Crippen LogP contribution is 2.23. The summed E-state index contributed by atoms with van der Waals surface area (Å²) < 4.78 is 15.0. The lowest BCUT2D eigenvalue weighted by atomic mass is 10.2. The van der Waals surface area contributed by atoms with Crippen molar-refractivity contribution in [2.75, 3.05) is 46.5 Å². The quantitative estimate of drug-likeness (QED) is 0.497. The number of carbonyl (C=O) groups is 2. The molecule has 10 nitrogen and oxygen atoms in total. The molecule has 0 unspecified atom stereocenters. The molecule has 2 aromatic heterocycles. The third kappa shape index (κ3) is 7.92. The summed E-state index contributed by atoms with van der Waals surface area (Å²) in [6.45, 7) is 8.06. The molecule has 2 bridgehead atoms. The Morgan fingerprint density at radius 3 is 2.49 bits per heavy atom. The number of carbonyl (C=O) groups excluding carboxylic acids is 2. The summed E-state index contributed by atoms with van der Waals surface area (Å²) in [4.78, 5) is 34.7.